The van der Waals surface area contributed by atoms with Crippen molar-refractivity contribution >= 4 is 15.7 Å². The summed E-state index contributed by atoms with van der Waals surface area (Å²) in [6, 6.07) is 5.26. The molecule has 1 aromatic rings. The van der Waals surface area contributed by atoms with Crippen molar-refractivity contribution in [2.75, 3.05) is 20.3 Å². The Hall–Kier alpha value is -1.55. The summed E-state index contributed by atoms with van der Waals surface area (Å²) in [5.41, 5.74) is 0.332. The third-order valence-electron chi connectivity index (χ3n) is 2.08. The molecule has 1 aromatic carbocycles. The molecule has 1 N–H and O–H groups in total. The Bertz CT molecular complexity index is 513. The summed E-state index contributed by atoms with van der Waals surface area (Å²) in [6.07, 6.45) is 0. The number of rotatable bonds is 8. The quantitative estimate of drug-likeness (QED) is 0.426. The first-order valence-electron chi connectivity index (χ1n) is 5.28. The second-order valence-corrected chi connectivity index (χ2v) is 5.29. The summed E-state index contributed by atoms with van der Waals surface area (Å²) in [5, 5.41) is 10.4. The van der Waals surface area contributed by atoms with Gasteiger partial charge in [0.15, 0.2) is 0 Å². The number of nitro benzene ring substituents is 1. The van der Waals surface area contributed by atoms with E-state index in [2.05, 4.69) is 4.74 Å². The van der Waals surface area contributed by atoms with Crippen molar-refractivity contribution in [3.05, 3.63) is 39.9 Å². The van der Waals surface area contributed by atoms with Gasteiger partial charge in [-0.3, -0.25) is 15.0 Å². The van der Waals surface area contributed by atoms with Crippen LogP contribution >= 0.6 is 0 Å². The molecule has 8 nitrogen and oxygen atoms in total. The van der Waals surface area contributed by atoms with E-state index >= 15 is 0 Å². The van der Waals surface area contributed by atoms with Gasteiger partial charge >= 0.3 is 0 Å². The number of hydrogen-bond acceptors (Lipinski definition) is 6. The number of hydrogen-bond donors (Lipinski definition) is 1. The van der Waals surface area contributed by atoms with Crippen LogP contribution in [0.4, 0.5) is 5.69 Å². The molecule has 0 fully saturated rings. The highest BCUT2D eigenvalue weighted by Crippen LogP contribution is 2.13. The predicted octanol–water partition coefficient (Wildman–Crippen LogP) is 0.592. The third kappa shape index (κ3) is 5.75. The Morgan fingerprint density at radius 3 is 2.42 bits per heavy atom. The van der Waals surface area contributed by atoms with Crippen LogP contribution in [-0.2, 0) is 25.4 Å². The maximum absolute atomic E-state index is 11.6. The average Bonchev–Trinajstić information content (AvgIpc) is 2.35. The van der Waals surface area contributed by atoms with Crippen LogP contribution in [0.1, 0.15) is 5.56 Å². The van der Waals surface area contributed by atoms with E-state index in [0.717, 1.165) is 0 Å². The van der Waals surface area contributed by atoms with Crippen LogP contribution in [-0.4, -0.2) is 33.7 Å². The van der Waals surface area contributed by atoms with Gasteiger partial charge in [0.1, 0.15) is 0 Å². The molecule has 0 unspecified atom stereocenters. The van der Waals surface area contributed by atoms with Gasteiger partial charge < -0.3 is 4.74 Å². The molecule has 0 bridgehead atoms. The predicted molar refractivity (Wildman–Crippen MR) is 66.7 cm³/mol. The summed E-state index contributed by atoms with van der Waals surface area (Å²) < 4.78 is 27.8. The van der Waals surface area contributed by atoms with Crippen molar-refractivity contribution < 1.29 is 22.9 Å². The molecule has 0 atom stereocenters. The molecule has 0 saturated carbocycles. The Morgan fingerprint density at radius 2 is 1.89 bits per heavy atom. The Kier molecular flexibility index (Phi) is 5.83. The number of ether oxygens (including phenoxy) is 1. The molecule has 0 aromatic heterocycles. The molecule has 0 spiro atoms. The van der Waals surface area contributed by atoms with Gasteiger partial charge in [0, 0.05) is 19.2 Å². The minimum Gasteiger partial charge on any atom is -0.382 e. The highest BCUT2D eigenvalue weighted by Gasteiger charge is 2.13. The van der Waals surface area contributed by atoms with Crippen molar-refractivity contribution in [3.8, 4) is 0 Å². The number of benzene rings is 1. The molecule has 0 aliphatic rings. The largest absolute Gasteiger partial charge is 0.382 e. The van der Waals surface area contributed by atoms with Gasteiger partial charge in [0.05, 0.1) is 23.9 Å². The average molecular weight is 290 g/mol. The lowest BCUT2D eigenvalue weighted by atomic mass is 10.2. The number of nitro groups is 1. The van der Waals surface area contributed by atoms with Crippen LogP contribution in [0, 0.1) is 10.1 Å². The first-order valence-corrected chi connectivity index (χ1v) is 6.93. The van der Waals surface area contributed by atoms with E-state index in [1.807, 2.05) is 4.89 Å². The van der Waals surface area contributed by atoms with Crippen molar-refractivity contribution in [2.24, 2.45) is 0 Å². The summed E-state index contributed by atoms with van der Waals surface area (Å²) in [7, 11) is -2.18. The lowest BCUT2D eigenvalue weighted by molar-refractivity contribution is -0.384. The fourth-order valence-corrected chi connectivity index (χ4v) is 2.17. The molecule has 0 aliphatic carbocycles. The van der Waals surface area contributed by atoms with E-state index in [0.29, 0.717) is 5.56 Å². The number of non-ortho nitro benzene ring substituents is 1. The van der Waals surface area contributed by atoms with Crippen molar-refractivity contribution in [2.45, 2.75) is 5.75 Å². The molecule has 0 aliphatic heterocycles. The third-order valence-corrected chi connectivity index (χ3v) is 3.16. The van der Waals surface area contributed by atoms with E-state index < -0.39 is 14.9 Å². The maximum Gasteiger partial charge on any atom is 0.269 e. The first kappa shape index (κ1) is 15.5. The Labute approximate surface area is 110 Å². The van der Waals surface area contributed by atoms with Crippen LogP contribution in [0.25, 0.3) is 0 Å². The smallest absolute Gasteiger partial charge is 0.269 e. The Morgan fingerprint density at radius 1 is 1.26 bits per heavy atom. The standard InChI is InChI=1S/C10H14N2O6S/c1-17-6-7-18-11-19(15,16)8-9-2-4-10(5-3-9)12(13)14/h2-5,11H,6-8H2,1H3. The van der Waals surface area contributed by atoms with Crippen LogP contribution in [0.5, 0.6) is 0 Å². The molecular formula is C10H14N2O6S. The zero-order valence-corrected chi connectivity index (χ0v) is 11.1. The number of nitrogens with one attached hydrogen (secondary N) is 1. The molecule has 1 rings (SSSR count). The number of nitrogens with zero attached hydrogens (tertiary/aromatic N) is 1. The SMILES string of the molecule is COCCONS(=O)(=O)Cc1ccc([N+](=O)[O-])cc1. The second-order valence-electron chi connectivity index (χ2n) is 3.61. The molecule has 0 radical (unpaired) electrons. The van der Waals surface area contributed by atoms with Gasteiger partial charge in [-0.05, 0) is 5.56 Å². The fraction of sp³-hybridized carbons (Fsp3) is 0.400. The molecule has 0 amide bonds. The minimum atomic E-state index is -3.65. The second kappa shape index (κ2) is 7.14. The number of methoxy groups -OCH3 is 1. The zero-order chi connectivity index (χ0) is 14.3. The van der Waals surface area contributed by atoms with E-state index in [4.69, 9.17) is 4.84 Å². The Balaban J connectivity index is 2.55. The summed E-state index contributed by atoms with van der Waals surface area (Å²) in [4.78, 5) is 16.5. The minimum absolute atomic E-state index is 0.0922. The summed E-state index contributed by atoms with van der Waals surface area (Å²) in [5.74, 6) is -0.321. The zero-order valence-electron chi connectivity index (χ0n) is 10.2. The van der Waals surface area contributed by atoms with Crippen molar-refractivity contribution in [1.29, 1.82) is 0 Å². The number of sulfonamides is 1. The van der Waals surface area contributed by atoms with E-state index in [1.54, 1.807) is 0 Å². The normalized spacial score (nSPS) is 11.4. The van der Waals surface area contributed by atoms with Crippen molar-refractivity contribution in [3.63, 3.8) is 0 Å². The summed E-state index contributed by atoms with van der Waals surface area (Å²) in [6.45, 7) is 0.357. The van der Waals surface area contributed by atoms with Gasteiger partial charge in [-0.25, -0.2) is 8.42 Å². The van der Waals surface area contributed by atoms with Crippen LogP contribution in [0.15, 0.2) is 24.3 Å². The molecule has 19 heavy (non-hydrogen) atoms. The van der Waals surface area contributed by atoms with Crippen LogP contribution in [0.2, 0.25) is 0 Å². The molecule has 9 heteroatoms. The van der Waals surface area contributed by atoms with Crippen LogP contribution in [0.3, 0.4) is 0 Å². The van der Waals surface area contributed by atoms with Gasteiger partial charge in [-0.1, -0.05) is 17.0 Å². The highest BCUT2D eigenvalue weighted by atomic mass is 32.2. The molecule has 106 valence electrons. The van der Waals surface area contributed by atoms with Gasteiger partial charge in [-0.15, -0.1) is 0 Å². The lowest BCUT2D eigenvalue weighted by Gasteiger charge is -2.06. The van der Waals surface area contributed by atoms with Crippen molar-refractivity contribution in [1.82, 2.24) is 4.89 Å². The summed E-state index contributed by atoms with van der Waals surface area (Å²) >= 11 is 0. The molecule has 0 saturated heterocycles. The van der Waals surface area contributed by atoms with E-state index in [1.165, 1.54) is 31.4 Å². The fourth-order valence-electron chi connectivity index (χ4n) is 1.22. The van der Waals surface area contributed by atoms with E-state index in [9.17, 15) is 18.5 Å². The highest BCUT2D eigenvalue weighted by molar-refractivity contribution is 7.88. The molecule has 0 heterocycles. The van der Waals surface area contributed by atoms with Gasteiger partial charge in [0.25, 0.3) is 5.69 Å². The van der Waals surface area contributed by atoms with E-state index in [-0.39, 0.29) is 24.7 Å². The lowest BCUT2D eigenvalue weighted by Crippen LogP contribution is -2.26. The molecular weight excluding hydrogens is 276 g/mol. The first-order chi connectivity index (χ1) is 8.94. The van der Waals surface area contributed by atoms with Gasteiger partial charge in [0.2, 0.25) is 10.0 Å². The van der Waals surface area contributed by atoms with Crippen LogP contribution < -0.4 is 4.89 Å². The topological polar surface area (TPSA) is 108 Å². The van der Waals surface area contributed by atoms with Gasteiger partial charge in [-0.2, -0.15) is 0 Å². The maximum atomic E-state index is 11.6. The monoisotopic (exact) mass is 290 g/mol.